The summed E-state index contributed by atoms with van der Waals surface area (Å²) >= 11 is 0. The lowest BCUT2D eigenvalue weighted by molar-refractivity contribution is -0.143. The Morgan fingerprint density at radius 1 is 1.40 bits per heavy atom. The first-order valence-corrected chi connectivity index (χ1v) is 6.03. The molecule has 106 valence electrons. The fourth-order valence-electron chi connectivity index (χ4n) is 1.58. The third-order valence-corrected chi connectivity index (χ3v) is 2.51. The average Bonchev–Trinajstić information content (AvgIpc) is 3.08. The number of nitrogens with zero attached hydrogens (tertiary/aromatic N) is 2. The van der Waals surface area contributed by atoms with Crippen molar-refractivity contribution in [3.05, 3.63) is 30.2 Å². The van der Waals surface area contributed by atoms with Crippen LogP contribution in [-0.2, 0) is 9.53 Å². The van der Waals surface area contributed by atoms with Gasteiger partial charge in [0.15, 0.2) is 11.5 Å². The van der Waals surface area contributed by atoms with Crippen LogP contribution in [0, 0.1) is 0 Å². The second kappa shape index (κ2) is 6.05. The van der Waals surface area contributed by atoms with Crippen LogP contribution in [0.4, 0.5) is 0 Å². The van der Waals surface area contributed by atoms with E-state index in [0.717, 1.165) is 0 Å². The summed E-state index contributed by atoms with van der Waals surface area (Å²) in [6.07, 6.45) is 1.49. The van der Waals surface area contributed by atoms with E-state index >= 15 is 0 Å². The Hall–Kier alpha value is -2.57. The van der Waals surface area contributed by atoms with E-state index in [2.05, 4.69) is 5.16 Å². The molecule has 0 unspecified atom stereocenters. The zero-order valence-corrected chi connectivity index (χ0v) is 11.2. The molecule has 2 aromatic heterocycles. The number of rotatable bonds is 5. The molecule has 20 heavy (non-hydrogen) atoms. The quantitative estimate of drug-likeness (QED) is 0.772. The van der Waals surface area contributed by atoms with Crippen molar-refractivity contribution in [3.63, 3.8) is 0 Å². The van der Waals surface area contributed by atoms with Crippen LogP contribution < -0.4 is 0 Å². The van der Waals surface area contributed by atoms with Gasteiger partial charge in [-0.1, -0.05) is 5.16 Å². The maximum atomic E-state index is 12.0. The molecule has 0 bridgehead atoms. The van der Waals surface area contributed by atoms with Crippen molar-refractivity contribution in [1.82, 2.24) is 10.1 Å². The Morgan fingerprint density at radius 3 is 2.85 bits per heavy atom. The second-order valence-electron chi connectivity index (χ2n) is 4.02. The fraction of sp³-hybridized carbons (Fsp3) is 0.308. The zero-order chi connectivity index (χ0) is 14.5. The number of aromatic nitrogens is 1. The van der Waals surface area contributed by atoms with Crippen LogP contribution in [-0.4, -0.2) is 42.1 Å². The zero-order valence-electron chi connectivity index (χ0n) is 11.2. The number of furan rings is 1. The van der Waals surface area contributed by atoms with Gasteiger partial charge in [0.1, 0.15) is 6.54 Å². The van der Waals surface area contributed by atoms with E-state index in [1.807, 2.05) is 0 Å². The smallest absolute Gasteiger partial charge is 0.325 e. The lowest BCUT2D eigenvalue weighted by Gasteiger charge is -2.13. The topological polar surface area (TPSA) is 85.8 Å². The van der Waals surface area contributed by atoms with Gasteiger partial charge in [0.05, 0.1) is 12.9 Å². The number of ether oxygens (including phenoxy) is 1. The maximum absolute atomic E-state index is 12.0. The van der Waals surface area contributed by atoms with E-state index in [1.165, 1.54) is 24.3 Å². The summed E-state index contributed by atoms with van der Waals surface area (Å²) in [6, 6.07) is 4.85. The van der Waals surface area contributed by atoms with E-state index in [4.69, 9.17) is 13.7 Å². The summed E-state index contributed by atoms with van der Waals surface area (Å²) in [6.45, 7) is 1.83. The van der Waals surface area contributed by atoms with Crippen LogP contribution >= 0.6 is 0 Å². The molecule has 0 atom stereocenters. The Labute approximate surface area is 115 Å². The highest BCUT2D eigenvalue weighted by molar-refractivity contribution is 5.94. The lowest BCUT2D eigenvalue weighted by atomic mass is 10.3. The SMILES string of the molecule is CCOC(=O)CN(C)C(=O)c1cc(-c2ccco2)on1. The van der Waals surface area contributed by atoms with Crippen molar-refractivity contribution in [2.24, 2.45) is 0 Å². The number of carbonyl (C=O) groups is 2. The van der Waals surface area contributed by atoms with E-state index in [-0.39, 0.29) is 18.8 Å². The molecule has 0 aliphatic rings. The number of likely N-dealkylation sites (N-methyl/N-ethyl adjacent to an activating group) is 1. The molecule has 7 heteroatoms. The summed E-state index contributed by atoms with van der Waals surface area (Å²) < 4.78 is 14.9. The van der Waals surface area contributed by atoms with Gasteiger partial charge in [-0.2, -0.15) is 0 Å². The van der Waals surface area contributed by atoms with Gasteiger partial charge in [0.25, 0.3) is 5.91 Å². The minimum absolute atomic E-state index is 0.100. The van der Waals surface area contributed by atoms with Crippen LogP contribution in [0.5, 0.6) is 0 Å². The Morgan fingerprint density at radius 2 is 2.20 bits per heavy atom. The van der Waals surface area contributed by atoms with Crippen LogP contribution in [0.15, 0.2) is 33.4 Å². The fourth-order valence-corrected chi connectivity index (χ4v) is 1.58. The molecule has 0 aliphatic carbocycles. The number of amides is 1. The summed E-state index contributed by atoms with van der Waals surface area (Å²) in [7, 11) is 1.49. The van der Waals surface area contributed by atoms with Crippen LogP contribution in [0.1, 0.15) is 17.4 Å². The van der Waals surface area contributed by atoms with Gasteiger partial charge < -0.3 is 18.6 Å². The third-order valence-electron chi connectivity index (χ3n) is 2.51. The van der Waals surface area contributed by atoms with Crippen LogP contribution in [0.3, 0.4) is 0 Å². The average molecular weight is 278 g/mol. The molecule has 0 fully saturated rings. The van der Waals surface area contributed by atoms with Crippen molar-refractivity contribution in [2.75, 3.05) is 20.2 Å². The standard InChI is InChI=1S/C13H14N2O5/c1-3-18-12(16)8-15(2)13(17)9-7-11(20-14-9)10-5-4-6-19-10/h4-7H,3,8H2,1-2H3. The summed E-state index contributed by atoms with van der Waals surface area (Å²) in [4.78, 5) is 24.5. The molecule has 0 saturated heterocycles. The van der Waals surface area contributed by atoms with E-state index in [1.54, 1.807) is 19.1 Å². The largest absolute Gasteiger partial charge is 0.465 e. The molecule has 0 spiro atoms. The number of hydrogen-bond acceptors (Lipinski definition) is 6. The summed E-state index contributed by atoms with van der Waals surface area (Å²) in [5.74, 6) is -0.0785. The predicted octanol–water partition coefficient (Wildman–Crippen LogP) is 1.57. The van der Waals surface area contributed by atoms with Gasteiger partial charge in [-0.25, -0.2) is 0 Å². The van der Waals surface area contributed by atoms with Gasteiger partial charge in [-0.05, 0) is 19.1 Å². The molecule has 0 aliphatic heterocycles. The molecule has 2 rings (SSSR count). The van der Waals surface area contributed by atoms with E-state index in [0.29, 0.717) is 11.5 Å². The second-order valence-corrected chi connectivity index (χ2v) is 4.02. The highest BCUT2D eigenvalue weighted by Gasteiger charge is 2.20. The minimum Gasteiger partial charge on any atom is -0.465 e. The highest BCUT2D eigenvalue weighted by Crippen LogP contribution is 2.20. The first kappa shape index (κ1) is 13.9. The van der Waals surface area contributed by atoms with Crippen molar-refractivity contribution in [2.45, 2.75) is 6.92 Å². The highest BCUT2D eigenvalue weighted by atomic mass is 16.5. The Bertz CT molecular complexity index is 588. The minimum atomic E-state index is -0.474. The van der Waals surface area contributed by atoms with Gasteiger partial charge in [0.2, 0.25) is 5.76 Å². The molecular weight excluding hydrogens is 264 g/mol. The van der Waals surface area contributed by atoms with Gasteiger partial charge in [-0.3, -0.25) is 9.59 Å². The molecular formula is C13H14N2O5. The van der Waals surface area contributed by atoms with E-state index in [9.17, 15) is 9.59 Å². The molecule has 1 amide bonds. The normalized spacial score (nSPS) is 10.3. The summed E-state index contributed by atoms with van der Waals surface area (Å²) in [5, 5.41) is 3.67. The number of carbonyl (C=O) groups excluding carboxylic acids is 2. The van der Waals surface area contributed by atoms with Gasteiger partial charge in [0, 0.05) is 13.1 Å². The molecule has 0 saturated carbocycles. The number of esters is 1. The van der Waals surface area contributed by atoms with Crippen LogP contribution in [0.25, 0.3) is 11.5 Å². The lowest BCUT2D eigenvalue weighted by Crippen LogP contribution is -2.33. The van der Waals surface area contributed by atoms with Crippen molar-refractivity contribution >= 4 is 11.9 Å². The molecule has 2 aromatic rings. The third kappa shape index (κ3) is 3.05. The molecule has 0 aromatic carbocycles. The van der Waals surface area contributed by atoms with E-state index < -0.39 is 11.9 Å². The molecule has 7 nitrogen and oxygen atoms in total. The Balaban J connectivity index is 2.04. The van der Waals surface area contributed by atoms with Crippen molar-refractivity contribution in [1.29, 1.82) is 0 Å². The first-order chi connectivity index (χ1) is 9.61. The van der Waals surface area contributed by atoms with Crippen molar-refractivity contribution in [3.8, 4) is 11.5 Å². The van der Waals surface area contributed by atoms with Crippen molar-refractivity contribution < 1.29 is 23.3 Å². The van der Waals surface area contributed by atoms with Gasteiger partial charge >= 0.3 is 5.97 Å². The molecule has 2 heterocycles. The summed E-state index contributed by atoms with van der Waals surface area (Å²) in [5.41, 5.74) is 0.100. The van der Waals surface area contributed by atoms with Gasteiger partial charge in [-0.15, -0.1) is 0 Å². The predicted molar refractivity (Wildman–Crippen MR) is 67.8 cm³/mol. The maximum Gasteiger partial charge on any atom is 0.325 e. The monoisotopic (exact) mass is 278 g/mol. The Kier molecular flexibility index (Phi) is 4.19. The molecule has 0 radical (unpaired) electrons. The number of hydrogen-bond donors (Lipinski definition) is 0. The first-order valence-electron chi connectivity index (χ1n) is 6.03. The molecule has 0 N–H and O–H groups in total. The van der Waals surface area contributed by atoms with Crippen LogP contribution in [0.2, 0.25) is 0 Å².